The SMILES string of the molecule is CC(C)C[C@H]1C(=O)O[C@H](Cc2cccc(Cn3cc(O)cn3)c2)C(=O)N(C)[C@@H](CC(C)C)C(=O)O[C@H](C)C(=O)N(C)[C@@H](CC(C)C)C(=O)O[C@H](Cc2cccc(Cn3cc(O)cn3)c2)C(=O)N(C)[C@@H](CC(C)C)C(=O)O[C@H](C)C(=O)N1C. The molecule has 448 valence electrons. The normalized spacial score (nSPS) is 23.0. The molecule has 0 bridgehead atoms. The summed E-state index contributed by atoms with van der Waals surface area (Å²) in [6.07, 6.45) is -0.931. The van der Waals surface area contributed by atoms with E-state index in [4.69, 9.17) is 18.9 Å². The summed E-state index contributed by atoms with van der Waals surface area (Å²) >= 11 is 0. The summed E-state index contributed by atoms with van der Waals surface area (Å²) in [7, 11) is 5.46. The fourth-order valence-corrected chi connectivity index (χ4v) is 9.87. The first-order valence-corrected chi connectivity index (χ1v) is 28.0. The lowest BCUT2D eigenvalue weighted by Crippen LogP contribution is -2.55. The van der Waals surface area contributed by atoms with Crippen LogP contribution in [0, 0.1) is 23.7 Å². The lowest BCUT2D eigenvalue weighted by atomic mass is 9.99. The van der Waals surface area contributed by atoms with Gasteiger partial charge in [0, 0.05) is 41.0 Å². The fourth-order valence-electron chi connectivity index (χ4n) is 9.87. The minimum absolute atomic E-state index is 0.0290. The van der Waals surface area contributed by atoms with Crippen molar-refractivity contribution in [1.82, 2.24) is 39.2 Å². The maximum Gasteiger partial charge on any atom is 0.329 e. The van der Waals surface area contributed by atoms with E-state index in [-0.39, 0.29) is 86.8 Å². The van der Waals surface area contributed by atoms with Crippen molar-refractivity contribution in [2.24, 2.45) is 23.7 Å². The van der Waals surface area contributed by atoms with Crippen LogP contribution in [0.1, 0.15) is 117 Å². The predicted octanol–water partition coefficient (Wildman–Crippen LogP) is 5.57. The van der Waals surface area contributed by atoms with Crippen LogP contribution in [0.4, 0.5) is 0 Å². The number of ether oxygens (including phenoxy) is 4. The third kappa shape index (κ3) is 18.1. The van der Waals surface area contributed by atoms with Crippen molar-refractivity contribution in [3.8, 4) is 11.5 Å². The summed E-state index contributed by atoms with van der Waals surface area (Å²) in [5.41, 5.74) is 2.57. The Balaban J connectivity index is 1.61. The van der Waals surface area contributed by atoms with Gasteiger partial charge in [0.1, 0.15) is 24.2 Å². The molecule has 1 saturated heterocycles. The van der Waals surface area contributed by atoms with Crippen LogP contribution in [-0.2, 0) is 83.2 Å². The Labute approximate surface area is 481 Å². The number of carbonyl (C=O) groups excluding carboxylic acids is 8. The average Bonchev–Trinajstić information content (AvgIpc) is 4.13. The number of aromatic hydroxyl groups is 2. The van der Waals surface area contributed by atoms with Crippen molar-refractivity contribution in [2.75, 3.05) is 28.2 Å². The molecular formula is C60H84N8O14. The van der Waals surface area contributed by atoms with Crippen LogP contribution < -0.4 is 0 Å². The monoisotopic (exact) mass is 1140 g/mol. The van der Waals surface area contributed by atoms with E-state index < -0.39 is 96.1 Å². The molecular weight excluding hydrogens is 1060 g/mol. The van der Waals surface area contributed by atoms with E-state index in [9.17, 15) is 39.0 Å². The van der Waals surface area contributed by atoms with Gasteiger partial charge in [-0.15, -0.1) is 0 Å². The highest BCUT2D eigenvalue weighted by atomic mass is 16.6. The Morgan fingerprint density at radius 3 is 1.00 bits per heavy atom. The fraction of sp³-hybridized carbons (Fsp3) is 0.567. The third-order valence-corrected chi connectivity index (χ3v) is 14.2. The van der Waals surface area contributed by atoms with Crippen LogP contribution in [0.3, 0.4) is 0 Å². The van der Waals surface area contributed by atoms with Crippen molar-refractivity contribution in [3.05, 3.63) is 95.6 Å². The van der Waals surface area contributed by atoms with Crippen molar-refractivity contribution in [3.63, 3.8) is 0 Å². The van der Waals surface area contributed by atoms with Gasteiger partial charge in [-0.25, -0.2) is 19.2 Å². The van der Waals surface area contributed by atoms with Gasteiger partial charge in [0.15, 0.2) is 35.9 Å². The number of rotatable bonds is 16. The molecule has 4 amide bonds. The van der Waals surface area contributed by atoms with Crippen LogP contribution in [-0.4, -0.2) is 174 Å². The van der Waals surface area contributed by atoms with Gasteiger partial charge in [0.2, 0.25) is 0 Å². The van der Waals surface area contributed by atoms with Gasteiger partial charge in [-0.3, -0.25) is 28.5 Å². The molecule has 2 aromatic heterocycles. The van der Waals surface area contributed by atoms with E-state index in [0.717, 1.165) is 30.7 Å². The topological polar surface area (TPSA) is 263 Å². The van der Waals surface area contributed by atoms with Gasteiger partial charge >= 0.3 is 23.9 Å². The lowest BCUT2D eigenvalue weighted by molar-refractivity contribution is -0.176. The number of benzene rings is 2. The Hall–Kier alpha value is -7.78. The number of hydrogen-bond donors (Lipinski definition) is 2. The van der Waals surface area contributed by atoms with E-state index in [2.05, 4.69) is 10.2 Å². The molecule has 8 atom stereocenters. The molecule has 1 aliphatic rings. The van der Waals surface area contributed by atoms with E-state index >= 15 is 9.59 Å². The van der Waals surface area contributed by atoms with E-state index in [0.29, 0.717) is 11.1 Å². The second kappa shape index (κ2) is 29.3. The maximum atomic E-state index is 15.0. The van der Waals surface area contributed by atoms with Gasteiger partial charge in [0.25, 0.3) is 23.6 Å². The number of hydrogen-bond acceptors (Lipinski definition) is 16. The standard InChI is InChI=1S/C60H84N8O14/c1-35(2)21-47-57(75)79-39(9)53(71)63(11)50(24-38(7)8)60(78)82-52(28-42-18-16-20-44(26-42)32-68-34-46(70)30-62-68)56(74)66(14)48(22-36(3)4)58(76)80-40(10)54(72)64(12)49(23-37(5)6)59(77)81-51(55(73)65(47)13)27-41-17-15-19-43(25-41)31-67-33-45(69)29-61-67/h15-20,25-26,29-30,33-40,47-52,69-70H,21-24,27-28,31-32H2,1-14H3/t39-,40-,47+,48+,49+,50+,51-,52-/m1/s1. The van der Waals surface area contributed by atoms with Gasteiger partial charge in [-0.05, 0) is 85.5 Å². The Bertz CT molecular complexity index is 2660. The van der Waals surface area contributed by atoms with Crippen LogP contribution in [0.25, 0.3) is 0 Å². The van der Waals surface area contributed by atoms with Crippen LogP contribution in [0.5, 0.6) is 11.5 Å². The first-order valence-electron chi connectivity index (χ1n) is 28.0. The van der Waals surface area contributed by atoms with E-state index in [1.54, 1.807) is 36.4 Å². The summed E-state index contributed by atoms with van der Waals surface area (Å²) in [6, 6.07) is 8.86. The highest BCUT2D eigenvalue weighted by Crippen LogP contribution is 2.25. The number of esters is 4. The average molecular weight is 1140 g/mol. The second-order valence-electron chi connectivity index (χ2n) is 23.2. The summed E-state index contributed by atoms with van der Waals surface area (Å²) in [4.78, 5) is 122. The molecule has 2 N–H and O–H groups in total. The molecule has 4 aromatic rings. The Morgan fingerprint density at radius 2 is 0.720 bits per heavy atom. The zero-order chi connectivity index (χ0) is 60.9. The zero-order valence-corrected chi connectivity index (χ0v) is 49.9. The molecule has 0 aliphatic carbocycles. The van der Waals surface area contributed by atoms with Crippen LogP contribution >= 0.6 is 0 Å². The van der Waals surface area contributed by atoms with E-state index in [1.807, 2.05) is 67.5 Å². The molecule has 22 nitrogen and oxygen atoms in total. The molecule has 5 rings (SSSR count). The smallest absolute Gasteiger partial charge is 0.329 e. The molecule has 0 saturated carbocycles. The van der Waals surface area contributed by atoms with Gasteiger partial charge in [-0.1, -0.05) is 104 Å². The van der Waals surface area contributed by atoms with Gasteiger partial charge in [0.05, 0.1) is 37.9 Å². The molecule has 2 aromatic carbocycles. The van der Waals surface area contributed by atoms with Crippen molar-refractivity contribution < 1.29 is 67.5 Å². The zero-order valence-electron chi connectivity index (χ0n) is 49.9. The minimum atomic E-state index is -1.59. The van der Waals surface area contributed by atoms with Crippen molar-refractivity contribution >= 4 is 47.5 Å². The molecule has 0 spiro atoms. The summed E-state index contributed by atoms with van der Waals surface area (Å²) < 4.78 is 27.2. The molecule has 0 unspecified atom stereocenters. The molecule has 1 fully saturated rings. The van der Waals surface area contributed by atoms with E-state index in [1.165, 1.54) is 76.2 Å². The number of aromatic nitrogens is 4. The third-order valence-electron chi connectivity index (χ3n) is 14.2. The molecule has 82 heavy (non-hydrogen) atoms. The number of cyclic esters (lactones) is 4. The minimum Gasteiger partial charge on any atom is -0.505 e. The highest BCUT2D eigenvalue weighted by molar-refractivity contribution is 5.94. The Kier molecular flexibility index (Phi) is 23.2. The molecule has 1 aliphatic heterocycles. The largest absolute Gasteiger partial charge is 0.505 e. The molecule has 0 radical (unpaired) electrons. The van der Waals surface area contributed by atoms with Gasteiger partial charge in [-0.2, -0.15) is 10.2 Å². The van der Waals surface area contributed by atoms with Crippen LogP contribution in [0.15, 0.2) is 73.3 Å². The quantitative estimate of drug-likeness (QED) is 0.103. The lowest BCUT2D eigenvalue weighted by Gasteiger charge is -2.35. The number of carbonyl (C=O) groups is 8. The van der Waals surface area contributed by atoms with Crippen molar-refractivity contribution in [2.45, 2.75) is 169 Å². The highest BCUT2D eigenvalue weighted by Gasteiger charge is 2.43. The van der Waals surface area contributed by atoms with Gasteiger partial charge < -0.3 is 48.8 Å². The predicted molar refractivity (Wildman–Crippen MR) is 301 cm³/mol. The van der Waals surface area contributed by atoms with Crippen molar-refractivity contribution in [1.29, 1.82) is 0 Å². The summed E-state index contributed by atoms with van der Waals surface area (Å²) in [5.74, 6) is -7.90. The number of nitrogens with zero attached hydrogens (tertiary/aromatic N) is 8. The number of likely N-dealkylation sites (N-methyl/N-ethyl adjacent to an activating group) is 4. The Morgan fingerprint density at radius 1 is 0.439 bits per heavy atom. The maximum absolute atomic E-state index is 15.0. The van der Waals surface area contributed by atoms with Crippen LogP contribution in [0.2, 0.25) is 0 Å². The second-order valence-corrected chi connectivity index (χ2v) is 23.2. The summed E-state index contributed by atoms with van der Waals surface area (Å²) in [5, 5.41) is 28.1. The summed E-state index contributed by atoms with van der Waals surface area (Å²) in [6.45, 7) is 17.8. The molecule has 22 heteroatoms. The first-order chi connectivity index (χ1) is 38.5. The molecule has 3 heterocycles. The number of amides is 4. The first kappa shape index (κ1) is 65.0.